The Labute approximate surface area is 166 Å². The minimum absolute atomic E-state index is 0.0236. The summed E-state index contributed by atoms with van der Waals surface area (Å²) in [5, 5.41) is 4.41. The van der Waals surface area contributed by atoms with Crippen LogP contribution in [0, 0.1) is 12.8 Å². The van der Waals surface area contributed by atoms with Gasteiger partial charge in [-0.25, -0.2) is 4.79 Å². The highest BCUT2D eigenvalue weighted by molar-refractivity contribution is 5.86. The second-order valence-electron chi connectivity index (χ2n) is 8.23. The molecule has 0 radical (unpaired) electrons. The Morgan fingerprint density at radius 3 is 2.68 bits per heavy atom. The molecule has 0 bridgehead atoms. The van der Waals surface area contributed by atoms with Gasteiger partial charge in [0.2, 0.25) is 0 Å². The number of amides is 2. The summed E-state index contributed by atoms with van der Waals surface area (Å²) in [7, 11) is 0. The van der Waals surface area contributed by atoms with Crippen molar-refractivity contribution in [2.24, 2.45) is 5.92 Å². The van der Waals surface area contributed by atoms with Crippen molar-refractivity contribution < 1.29 is 4.79 Å². The number of carbonyl (C=O) groups is 1. The molecule has 4 rings (SSSR count). The van der Waals surface area contributed by atoms with Gasteiger partial charge in [-0.2, -0.15) is 0 Å². The van der Waals surface area contributed by atoms with E-state index >= 15 is 0 Å². The van der Waals surface area contributed by atoms with Gasteiger partial charge in [0.1, 0.15) is 0 Å². The second-order valence-corrected chi connectivity index (χ2v) is 8.23. The van der Waals surface area contributed by atoms with Crippen LogP contribution in [0.15, 0.2) is 48.5 Å². The molecule has 146 valence electrons. The fraction of sp³-hybridized carbons (Fsp3) is 0.375. The first-order valence-corrected chi connectivity index (χ1v) is 10.2. The van der Waals surface area contributed by atoms with Gasteiger partial charge in [-0.3, -0.25) is 0 Å². The van der Waals surface area contributed by atoms with Crippen LogP contribution in [0.4, 0.5) is 4.79 Å². The lowest BCUT2D eigenvalue weighted by Gasteiger charge is -2.36. The molecule has 1 aliphatic heterocycles. The van der Waals surface area contributed by atoms with Gasteiger partial charge in [0.05, 0.1) is 6.04 Å². The Morgan fingerprint density at radius 2 is 1.93 bits per heavy atom. The SMILES string of the molecule is Cc1ccc([C@@H]2c3[nH]c4ccccc4c3CCN2C(=O)NCCC(C)C)cc1. The number of aryl methyl sites for hydroxylation is 1. The number of benzene rings is 2. The molecule has 0 unspecified atom stereocenters. The van der Waals surface area contributed by atoms with Crippen LogP contribution in [0.5, 0.6) is 0 Å². The molecule has 1 aliphatic rings. The largest absolute Gasteiger partial charge is 0.356 e. The van der Waals surface area contributed by atoms with Gasteiger partial charge in [-0.05, 0) is 42.9 Å². The third-order valence-electron chi connectivity index (χ3n) is 5.69. The number of fused-ring (bicyclic) bond motifs is 3. The lowest BCUT2D eigenvalue weighted by Crippen LogP contribution is -2.46. The molecule has 2 amide bonds. The molecule has 0 saturated heterocycles. The molecule has 0 fully saturated rings. The number of urea groups is 1. The summed E-state index contributed by atoms with van der Waals surface area (Å²) in [5.41, 5.74) is 6.01. The van der Waals surface area contributed by atoms with Crippen LogP contribution in [0.25, 0.3) is 10.9 Å². The van der Waals surface area contributed by atoms with Crippen molar-refractivity contribution in [3.8, 4) is 0 Å². The molecule has 1 aromatic heterocycles. The maximum Gasteiger partial charge on any atom is 0.318 e. The highest BCUT2D eigenvalue weighted by Gasteiger charge is 2.34. The molecule has 4 nitrogen and oxygen atoms in total. The van der Waals surface area contributed by atoms with E-state index < -0.39 is 0 Å². The van der Waals surface area contributed by atoms with Gasteiger partial charge in [0, 0.05) is 29.7 Å². The highest BCUT2D eigenvalue weighted by atomic mass is 16.2. The first-order valence-electron chi connectivity index (χ1n) is 10.2. The Bertz CT molecular complexity index is 971. The normalized spacial score (nSPS) is 16.4. The van der Waals surface area contributed by atoms with E-state index in [4.69, 9.17) is 0 Å². The summed E-state index contributed by atoms with van der Waals surface area (Å²) in [4.78, 5) is 18.7. The number of nitrogens with one attached hydrogen (secondary N) is 2. The zero-order chi connectivity index (χ0) is 19.7. The topological polar surface area (TPSA) is 48.1 Å². The van der Waals surface area contributed by atoms with Crippen LogP contribution in [-0.2, 0) is 6.42 Å². The fourth-order valence-electron chi connectivity index (χ4n) is 4.12. The minimum atomic E-state index is -0.0872. The maximum atomic E-state index is 13.1. The van der Waals surface area contributed by atoms with Gasteiger partial charge in [-0.1, -0.05) is 61.9 Å². The number of hydrogen-bond donors (Lipinski definition) is 2. The molecule has 0 saturated carbocycles. The van der Waals surface area contributed by atoms with E-state index in [1.54, 1.807) is 0 Å². The van der Waals surface area contributed by atoms with Gasteiger partial charge >= 0.3 is 6.03 Å². The quantitative estimate of drug-likeness (QED) is 0.648. The van der Waals surface area contributed by atoms with Crippen LogP contribution in [0.1, 0.15) is 48.7 Å². The fourth-order valence-corrected chi connectivity index (χ4v) is 4.12. The lowest BCUT2D eigenvalue weighted by molar-refractivity contribution is 0.179. The Kier molecular flexibility index (Phi) is 5.12. The number of nitrogens with zero attached hydrogens (tertiary/aromatic N) is 1. The van der Waals surface area contributed by atoms with Crippen molar-refractivity contribution in [3.05, 3.63) is 70.9 Å². The Balaban J connectivity index is 1.72. The number of hydrogen-bond acceptors (Lipinski definition) is 1. The van der Waals surface area contributed by atoms with Gasteiger partial charge < -0.3 is 15.2 Å². The van der Waals surface area contributed by atoms with E-state index in [0.717, 1.165) is 36.2 Å². The van der Waals surface area contributed by atoms with Crippen LogP contribution >= 0.6 is 0 Å². The maximum absolute atomic E-state index is 13.1. The number of H-pyrrole nitrogens is 1. The number of aromatic nitrogens is 1. The van der Waals surface area contributed by atoms with E-state index in [-0.39, 0.29) is 12.1 Å². The summed E-state index contributed by atoms with van der Waals surface area (Å²) in [6.45, 7) is 7.89. The molecule has 1 atom stereocenters. The minimum Gasteiger partial charge on any atom is -0.356 e. The van der Waals surface area contributed by atoms with E-state index in [0.29, 0.717) is 12.5 Å². The molecule has 2 N–H and O–H groups in total. The number of carbonyl (C=O) groups excluding carboxylic acids is 1. The lowest BCUT2D eigenvalue weighted by atomic mass is 9.92. The molecule has 0 spiro atoms. The molecule has 4 heteroatoms. The second kappa shape index (κ2) is 7.70. The van der Waals surface area contributed by atoms with Crippen LogP contribution in [0.2, 0.25) is 0 Å². The molecule has 28 heavy (non-hydrogen) atoms. The monoisotopic (exact) mass is 375 g/mol. The van der Waals surface area contributed by atoms with Crippen molar-refractivity contribution in [2.45, 2.75) is 39.7 Å². The Morgan fingerprint density at radius 1 is 1.18 bits per heavy atom. The summed E-state index contributed by atoms with van der Waals surface area (Å²) in [6.07, 6.45) is 1.87. The zero-order valence-electron chi connectivity index (χ0n) is 17.0. The zero-order valence-corrected chi connectivity index (χ0v) is 17.0. The summed E-state index contributed by atoms with van der Waals surface area (Å²) in [5.74, 6) is 0.579. The third-order valence-corrected chi connectivity index (χ3v) is 5.69. The van der Waals surface area contributed by atoms with Crippen molar-refractivity contribution >= 4 is 16.9 Å². The van der Waals surface area contributed by atoms with Crippen molar-refractivity contribution in [2.75, 3.05) is 13.1 Å². The average Bonchev–Trinajstić information content (AvgIpc) is 3.06. The smallest absolute Gasteiger partial charge is 0.318 e. The van der Waals surface area contributed by atoms with Crippen LogP contribution < -0.4 is 5.32 Å². The van der Waals surface area contributed by atoms with Crippen molar-refractivity contribution in [1.82, 2.24) is 15.2 Å². The van der Waals surface area contributed by atoms with Gasteiger partial charge in [-0.15, -0.1) is 0 Å². The van der Waals surface area contributed by atoms with Crippen LogP contribution in [-0.4, -0.2) is 29.0 Å². The van der Waals surface area contributed by atoms with E-state index in [1.165, 1.54) is 16.5 Å². The van der Waals surface area contributed by atoms with E-state index in [2.05, 4.69) is 79.6 Å². The summed E-state index contributed by atoms with van der Waals surface area (Å²) in [6, 6.07) is 16.9. The first kappa shape index (κ1) is 18.6. The average molecular weight is 376 g/mol. The molecular formula is C24H29N3O. The van der Waals surface area contributed by atoms with E-state index in [9.17, 15) is 4.79 Å². The Hall–Kier alpha value is -2.75. The highest BCUT2D eigenvalue weighted by Crippen LogP contribution is 2.38. The standard InChI is InChI=1S/C24H29N3O/c1-16(2)12-14-25-24(28)27-15-13-20-19-6-4-5-7-21(19)26-22(20)23(27)18-10-8-17(3)9-11-18/h4-11,16,23,26H,12-15H2,1-3H3,(H,25,28)/t23-/m1/s1. The molecule has 3 aromatic rings. The summed E-state index contributed by atoms with van der Waals surface area (Å²) >= 11 is 0. The molecule has 2 aromatic carbocycles. The third kappa shape index (κ3) is 3.51. The number of aromatic amines is 1. The molecule has 0 aliphatic carbocycles. The van der Waals surface area contributed by atoms with Crippen molar-refractivity contribution in [1.29, 1.82) is 0 Å². The summed E-state index contributed by atoms with van der Waals surface area (Å²) < 4.78 is 0. The van der Waals surface area contributed by atoms with Gasteiger partial charge in [0.25, 0.3) is 0 Å². The predicted molar refractivity (Wildman–Crippen MR) is 115 cm³/mol. The number of rotatable bonds is 4. The van der Waals surface area contributed by atoms with Crippen molar-refractivity contribution in [3.63, 3.8) is 0 Å². The molecule has 2 heterocycles. The first-order chi connectivity index (χ1) is 13.5. The van der Waals surface area contributed by atoms with E-state index in [1.807, 2.05) is 4.90 Å². The van der Waals surface area contributed by atoms with Gasteiger partial charge in [0.15, 0.2) is 0 Å². The predicted octanol–water partition coefficient (Wildman–Crippen LogP) is 5.18. The number of para-hydroxylation sites is 1. The van der Waals surface area contributed by atoms with Crippen LogP contribution in [0.3, 0.4) is 0 Å². The molecular weight excluding hydrogens is 346 g/mol.